The van der Waals surface area contributed by atoms with Crippen molar-refractivity contribution in [1.29, 1.82) is 0 Å². The quantitative estimate of drug-likeness (QED) is 0.208. The average Bonchev–Trinajstić information content (AvgIpc) is 2.80. The summed E-state index contributed by atoms with van der Waals surface area (Å²) in [5, 5.41) is 5.94. The highest BCUT2D eigenvalue weighted by Gasteiger charge is 2.39. The minimum atomic E-state index is -2.32. The molecule has 12 heteroatoms. The van der Waals surface area contributed by atoms with Crippen molar-refractivity contribution in [2.45, 2.75) is 64.1 Å². The van der Waals surface area contributed by atoms with Gasteiger partial charge in [0.15, 0.2) is 0 Å². The molecular weight excluding hydrogens is 477 g/mol. The number of carbonyl (C=O) groups is 2. The number of likely N-dealkylation sites (tertiary alicyclic amines) is 1. The third kappa shape index (κ3) is 6.60. The molecule has 1 aromatic carbocycles. The van der Waals surface area contributed by atoms with Crippen LogP contribution in [0, 0.1) is 35.0 Å². The first kappa shape index (κ1) is 27.1. The number of rotatable bonds is 5. The maximum absolute atomic E-state index is 14.1. The molecule has 2 saturated heterocycles. The van der Waals surface area contributed by atoms with Crippen LogP contribution in [0.2, 0.25) is 0 Å². The molecule has 2 N–H and O–H groups in total. The van der Waals surface area contributed by atoms with Crippen molar-refractivity contribution in [2.75, 3.05) is 26.2 Å². The number of nitrogens with zero attached hydrogens (tertiary/aromatic N) is 1. The summed E-state index contributed by atoms with van der Waals surface area (Å²) >= 11 is 0. The number of ether oxygens (including phenoxy) is 2. The van der Waals surface area contributed by atoms with Crippen molar-refractivity contribution in [3.8, 4) is 5.75 Å². The van der Waals surface area contributed by atoms with Gasteiger partial charge in [0.1, 0.15) is 11.6 Å². The third-order valence-electron chi connectivity index (χ3n) is 6.09. The fourth-order valence-corrected chi connectivity index (χ4v) is 4.43. The number of nitrogens with one attached hydrogen (secondary N) is 2. The lowest BCUT2D eigenvalue weighted by Gasteiger charge is -2.41. The fraction of sp³-hybridized carbons (Fsp3) is 0.652. The predicted octanol–water partition coefficient (Wildman–Crippen LogP) is 3.64. The molecule has 7 nitrogen and oxygen atoms in total. The molecule has 2 fully saturated rings. The van der Waals surface area contributed by atoms with E-state index < -0.39 is 58.5 Å². The Hall–Kier alpha value is -2.47. The maximum Gasteiger partial charge on any atom is 0.407 e. The van der Waals surface area contributed by atoms with Gasteiger partial charge >= 0.3 is 12.1 Å². The highest BCUT2D eigenvalue weighted by Crippen LogP contribution is 2.31. The summed E-state index contributed by atoms with van der Waals surface area (Å²) in [5.41, 5.74) is -0.654. The molecular formula is C23H30F5N3O4. The van der Waals surface area contributed by atoms with Crippen molar-refractivity contribution < 1.29 is 41.0 Å². The van der Waals surface area contributed by atoms with Crippen LogP contribution in [0.5, 0.6) is 5.75 Å². The van der Waals surface area contributed by atoms with Gasteiger partial charge in [0.2, 0.25) is 34.8 Å². The minimum Gasteiger partial charge on any atom is -0.444 e. The van der Waals surface area contributed by atoms with E-state index in [4.69, 9.17) is 9.47 Å². The first-order chi connectivity index (χ1) is 16.4. The molecule has 0 radical (unpaired) electrons. The van der Waals surface area contributed by atoms with E-state index >= 15 is 0 Å². The van der Waals surface area contributed by atoms with Gasteiger partial charge in [0.05, 0.1) is 0 Å². The van der Waals surface area contributed by atoms with E-state index in [1.165, 1.54) is 0 Å². The molecule has 1 aromatic rings. The third-order valence-corrected chi connectivity index (χ3v) is 6.09. The maximum atomic E-state index is 14.1. The fourth-order valence-electron chi connectivity index (χ4n) is 4.43. The lowest BCUT2D eigenvalue weighted by molar-refractivity contribution is -0.144. The molecule has 0 saturated carbocycles. The zero-order valence-corrected chi connectivity index (χ0v) is 19.9. The second-order valence-corrected chi connectivity index (χ2v) is 9.81. The van der Waals surface area contributed by atoms with E-state index in [1.54, 1.807) is 25.7 Å². The molecule has 2 aliphatic rings. The summed E-state index contributed by atoms with van der Waals surface area (Å²) in [7, 11) is 0. The van der Waals surface area contributed by atoms with E-state index in [0.717, 1.165) is 0 Å². The van der Waals surface area contributed by atoms with Crippen molar-refractivity contribution in [1.82, 2.24) is 15.5 Å². The molecule has 2 heterocycles. The van der Waals surface area contributed by atoms with E-state index in [9.17, 15) is 31.5 Å². The number of piperidine rings is 2. The van der Waals surface area contributed by atoms with Crippen molar-refractivity contribution in [2.24, 2.45) is 5.92 Å². The SMILES string of the molecule is CC(C)(C)OC(=O)NC1CCN(C(C(=O)Oc2c(F)c(F)c(F)c(F)c2F)C2CCNCC2)CC1. The van der Waals surface area contributed by atoms with Crippen LogP contribution >= 0.6 is 0 Å². The van der Waals surface area contributed by atoms with E-state index in [0.29, 0.717) is 51.9 Å². The normalized spacial score (nSPS) is 19.3. The molecule has 1 atom stereocenters. The van der Waals surface area contributed by atoms with Gasteiger partial charge in [-0.05, 0) is 65.5 Å². The summed E-state index contributed by atoms with van der Waals surface area (Å²) in [4.78, 5) is 26.9. The monoisotopic (exact) mass is 507 g/mol. The summed E-state index contributed by atoms with van der Waals surface area (Å²) in [6.07, 6.45) is 1.50. The van der Waals surface area contributed by atoms with Crippen molar-refractivity contribution >= 4 is 12.1 Å². The molecule has 196 valence electrons. The molecule has 35 heavy (non-hydrogen) atoms. The number of halogens is 5. The van der Waals surface area contributed by atoms with Crippen LogP contribution in [0.4, 0.5) is 26.7 Å². The van der Waals surface area contributed by atoms with Gasteiger partial charge in [-0.3, -0.25) is 4.90 Å². The largest absolute Gasteiger partial charge is 0.444 e. The topological polar surface area (TPSA) is 79.9 Å². The van der Waals surface area contributed by atoms with Gasteiger partial charge < -0.3 is 20.1 Å². The summed E-state index contributed by atoms with van der Waals surface area (Å²) in [6.45, 7) is 7.14. The van der Waals surface area contributed by atoms with Crippen molar-refractivity contribution in [3.05, 3.63) is 29.1 Å². The number of hydrogen-bond acceptors (Lipinski definition) is 6. The zero-order chi connectivity index (χ0) is 25.9. The smallest absolute Gasteiger partial charge is 0.407 e. The Labute approximate surface area is 200 Å². The van der Waals surface area contributed by atoms with Crippen LogP contribution in [0.25, 0.3) is 0 Å². The van der Waals surface area contributed by atoms with Crippen LogP contribution in [0.3, 0.4) is 0 Å². The van der Waals surface area contributed by atoms with Gasteiger partial charge in [-0.1, -0.05) is 0 Å². The first-order valence-electron chi connectivity index (χ1n) is 11.6. The van der Waals surface area contributed by atoms with E-state index in [1.807, 2.05) is 0 Å². The Kier molecular flexibility index (Phi) is 8.58. The van der Waals surface area contributed by atoms with Crippen LogP contribution < -0.4 is 15.4 Å². The van der Waals surface area contributed by atoms with E-state index in [2.05, 4.69) is 10.6 Å². The number of esters is 1. The molecule has 1 unspecified atom stereocenters. The van der Waals surface area contributed by atoms with Crippen molar-refractivity contribution in [3.63, 3.8) is 0 Å². The van der Waals surface area contributed by atoms with Crippen LogP contribution in [-0.4, -0.2) is 60.8 Å². The standard InChI is InChI=1S/C23H30F5N3O4/c1-23(2,3)35-22(33)30-13-6-10-31(11-7-13)19(12-4-8-29-9-5-12)21(32)34-20-17(27)15(25)14(24)16(26)18(20)28/h12-13,19,29H,4-11H2,1-3H3,(H,30,33). The van der Waals surface area contributed by atoms with Gasteiger partial charge in [-0.2, -0.15) is 8.78 Å². The first-order valence-corrected chi connectivity index (χ1v) is 11.6. The number of alkyl carbamates (subject to hydrolysis) is 1. The highest BCUT2D eigenvalue weighted by molar-refractivity contribution is 5.79. The Bertz CT molecular complexity index is 913. The second-order valence-electron chi connectivity index (χ2n) is 9.81. The number of hydrogen-bond donors (Lipinski definition) is 2. The Morgan fingerprint density at radius 3 is 1.94 bits per heavy atom. The molecule has 3 rings (SSSR count). The lowest BCUT2D eigenvalue weighted by Crippen LogP contribution is -2.55. The molecule has 0 bridgehead atoms. The molecule has 1 amide bonds. The molecule has 2 aliphatic heterocycles. The molecule has 0 aromatic heterocycles. The van der Waals surface area contributed by atoms with Gasteiger partial charge in [0.25, 0.3) is 0 Å². The Morgan fingerprint density at radius 2 is 1.43 bits per heavy atom. The molecule has 0 aliphatic carbocycles. The second kappa shape index (κ2) is 11.1. The molecule has 0 spiro atoms. The van der Waals surface area contributed by atoms with Gasteiger partial charge in [-0.25, -0.2) is 22.8 Å². The Morgan fingerprint density at radius 1 is 0.914 bits per heavy atom. The number of carbonyl (C=O) groups excluding carboxylic acids is 2. The van der Waals surface area contributed by atoms with Gasteiger partial charge in [0, 0.05) is 19.1 Å². The average molecular weight is 508 g/mol. The zero-order valence-electron chi connectivity index (χ0n) is 19.9. The van der Waals surface area contributed by atoms with Gasteiger partial charge in [-0.15, -0.1) is 0 Å². The van der Waals surface area contributed by atoms with Crippen LogP contribution in [-0.2, 0) is 9.53 Å². The van der Waals surface area contributed by atoms with Crippen LogP contribution in [0.15, 0.2) is 0 Å². The summed E-state index contributed by atoms with van der Waals surface area (Å²) in [5.74, 6) is -14.0. The summed E-state index contributed by atoms with van der Waals surface area (Å²) in [6, 6.07) is -1.16. The summed E-state index contributed by atoms with van der Waals surface area (Å²) < 4.78 is 78.9. The Balaban J connectivity index is 1.74. The highest BCUT2D eigenvalue weighted by atomic mass is 19.2. The van der Waals surface area contributed by atoms with Crippen LogP contribution in [0.1, 0.15) is 46.5 Å². The minimum absolute atomic E-state index is 0.207. The number of amides is 1. The predicted molar refractivity (Wildman–Crippen MR) is 115 cm³/mol. The lowest BCUT2D eigenvalue weighted by atomic mass is 9.87. The van der Waals surface area contributed by atoms with E-state index in [-0.39, 0.29) is 12.0 Å². The number of benzene rings is 1.